The maximum atomic E-state index is 5.56. The molecule has 1 aromatic carbocycles. The van der Waals surface area contributed by atoms with Gasteiger partial charge in [-0.3, -0.25) is 0 Å². The van der Waals surface area contributed by atoms with Crippen LogP contribution in [0.5, 0.6) is 5.75 Å². The summed E-state index contributed by atoms with van der Waals surface area (Å²) >= 11 is 0. The van der Waals surface area contributed by atoms with Crippen LogP contribution in [0, 0.1) is 6.92 Å². The minimum Gasteiger partial charge on any atom is -0.496 e. The Hall–Kier alpha value is -1.92. The Balaban J connectivity index is 1.65. The quantitative estimate of drug-likeness (QED) is 0.877. The molecule has 0 bridgehead atoms. The number of nitrogens with one attached hydrogen (secondary N) is 1. The van der Waals surface area contributed by atoms with Crippen molar-refractivity contribution in [3.05, 3.63) is 29.7 Å². The number of rotatable bonds is 6. The fraction of sp³-hybridized carbons (Fsp3) is 0.556. The molecule has 1 aliphatic rings. The van der Waals surface area contributed by atoms with Gasteiger partial charge in [0.2, 0.25) is 11.7 Å². The van der Waals surface area contributed by atoms with Crippen LogP contribution in [0.2, 0.25) is 0 Å². The minimum absolute atomic E-state index is 0.266. The summed E-state index contributed by atoms with van der Waals surface area (Å²) in [6.07, 6.45) is 4.95. The average Bonchev–Trinajstić information content (AvgIpc) is 3.09. The van der Waals surface area contributed by atoms with E-state index in [-0.39, 0.29) is 6.10 Å². The lowest BCUT2D eigenvalue weighted by Crippen LogP contribution is -2.42. The first-order valence-electron chi connectivity index (χ1n) is 8.45. The molecule has 1 saturated carbocycles. The zero-order chi connectivity index (χ0) is 16.9. The van der Waals surface area contributed by atoms with Crippen LogP contribution in [0.25, 0.3) is 11.4 Å². The van der Waals surface area contributed by atoms with E-state index in [2.05, 4.69) is 15.5 Å². The van der Waals surface area contributed by atoms with Gasteiger partial charge in [0.05, 0.1) is 19.8 Å². The summed E-state index contributed by atoms with van der Waals surface area (Å²) in [6.45, 7) is 2.56. The van der Waals surface area contributed by atoms with Crippen molar-refractivity contribution in [2.75, 3.05) is 14.2 Å². The molecule has 0 radical (unpaired) electrons. The lowest BCUT2D eigenvalue weighted by Gasteiger charge is -2.30. The van der Waals surface area contributed by atoms with Crippen LogP contribution in [0.15, 0.2) is 22.7 Å². The summed E-state index contributed by atoms with van der Waals surface area (Å²) in [5.41, 5.74) is 1.97. The largest absolute Gasteiger partial charge is 0.496 e. The summed E-state index contributed by atoms with van der Waals surface area (Å²) in [5, 5.41) is 7.57. The molecule has 2 aromatic rings. The predicted molar refractivity (Wildman–Crippen MR) is 90.9 cm³/mol. The first-order valence-corrected chi connectivity index (χ1v) is 8.45. The van der Waals surface area contributed by atoms with Crippen LogP contribution in [0.4, 0.5) is 0 Å². The molecule has 0 amide bonds. The van der Waals surface area contributed by atoms with E-state index < -0.39 is 0 Å². The molecule has 24 heavy (non-hydrogen) atoms. The molecule has 0 saturated heterocycles. The fourth-order valence-corrected chi connectivity index (χ4v) is 3.23. The van der Waals surface area contributed by atoms with Crippen molar-refractivity contribution in [2.24, 2.45) is 0 Å². The predicted octanol–water partition coefficient (Wildman–Crippen LogP) is 3.10. The van der Waals surface area contributed by atoms with Gasteiger partial charge >= 0.3 is 0 Å². The van der Waals surface area contributed by atoms with Crippen molar-refractivity contribution in [3.63, 3.8) is 0 Å². The molecule has 3 rings (SSSR count). The zero-order valence-electron chi connectivity index (χ0n) is 14.5. The first kappa shape index (κ1) is 16.9. The SMILES string of the molecule is COc1cc(-c2noc(CN[C@H]3CCCC[C@H]3OC)n2)ccc1C. The third kappa shape index (κ3) is 3.76. The molecule has 0 spiro atoms. The van der Waals surface area contributed by atoms with Crippen LogP contribution in [-0.4, -0.2) is 36.5 Å². The highest BCUT2D eigenvalue weighted by molar-refractivity contribution is 5.58. The maximum Gasteiger partial charge on any atom is 0.240 e. The van der Waals surface area contributed by atoms with E-state index in [0.717, 1.165) is 29.7 Å². The Morgan fingerprint density at radius 2 is 2.08 bits per heavy atom. The van der Waals surface area contributed by atoms with E-state index in [1.54, 1.807) is 14.2 Å². The number of hydrogen-bond acceptors (Lipinski definition) is 6. The van der Waals surface area contributed by atoms with Crippen molar-refractivity contribution in [1.82, 2.24) is 15.5 Å². The highest BCUT2D eigenvalue weighted by atomic mass is 16.5. The molecule has 6 heteroatoms. The average molecular weight is 331 g/mol. The van der Waals surface area contributed by atoms with E-state index in [1.807, 2.05) is 25.1 Å². The molecular formula is C18H25N3O3. The van der Waals surface area contributed by atoms with Crippen LogP contribution >= 0.6 is 0 Å². The van der Waals surface area contributed by atoms with Gasteiger partial charge in [-0.05, 0) is 31.4 Å². The second-order valence-electron chi connectivity index (χ2n) is 6.24. The van der Waals surface area contributed by atoms with Gasteiger partial charge in [0.25, 0.3) is 0 Å². The topological polar surface area (TPSA) is 69.4 Å². The van der Waals surface area contributed by atoms with Crippen molar-refractivity contribution in [2.45, 2.75) is 51.3 Å². The second-order valence-corrected chi connectivity index (χ2v) is 6.24. The second kappa shape index (κ2) is 7.77. The van der Waals surface area contributed by atoms with E-state index in [0.29, 0.717) is 24.3 Å². The van der Waals surface area contributed by atoms with Gasteiger partial charge in [0.1, 0.15) is 5.75 Å². The number of nitrogens with zero attached hydrogens (tertiary/aromatic N) is 2. The number of benzene rings is 1. The Bertz CT molecular complexity index is 671. The fourth-order valence-electron chi connectivity index (χ4n) is 3.23. The number of aryl methyl sites for hydroxylation is 1. The van der Waals surface area contributed by atoms with E-state index in [4.69, 9.17) is 14.0 Å². The summed E-state index contributed by atoms with van der Waals surface area (Å²) in [7, 11) is 3.44. The molecule has 6 nitrogen and oxygen atoms in total. The van der Waals surface area contributed by atoms with Gasteiger partial charge in [0, 0.05) is 18.7 Å². The highest BCUT2D eigenvalue weighted by Gasteiger charge is 2.24. The van der Waals surface area contributed by atoms with E-state index >= 15 is 0 Å². The molecule has 0 aliphatic heterocycles. The molecule has 1 heterocycles. The standard InChI is InChI=1S/C18H25N3O3/c1-12-8-9-13(10-16(12)23-3)18-20-17(24-21-18)11-19-14-6-4-5-7-15(14)22-2/h8-10,14-15,19H,4-7,11H2,1-3H3/t14-,15+/m0/s1. The number of methoxy groups -OCH3 is 2. The lowest BCUT2D eigenvalue weighted by molar-refractivity contribution is 0.0404. The summed E-state index contributed by atoms with van der Waals surface area (Å²) in [6, 6.07) is 6.24. The van der Waals surface area contributed by atoms with Gasteiger partial charge in [-0.25, -0.2) is 0 Å². The molecule has 130 valence electrons. The normalized spacial score (nSPS) is 21.0. The molecule has 2 atom stereocenters. The third-order valence-electron chi connectivity index (χ3n) is 4.66. The highest BCUT2D eigenvalue weighted by Crippen LogP contribution is 2.25. The van der Waals surface area contributed by atoms with Crippen molar-refractivity contribution in [3.8, 4) is 17.1 Å². The van der Waals surface area contributed by atoms with Crippen LogP contribution in [0.3, 0.4) is 0 Å². The monoisotopic (exact) mass is 331 g/mol. The van der Waals surface area contributed by atoms with Crippen LogP contribution in [-0.2, 0) is 11.3 Å². The number of hydrogen-bond donors (Lipinski definition) is 1. The lowest BCUT2D eigenvalue weighted by atomic mass is 9.92. The zero-order valence-corrected chi connectivity index (χ0v) is 14.5. The van der Waals surface area contributed by atoms with Crippen molar-refractivity contribution < 1.29 is 14.0 Å². The summed E-state index contributed by atoms with van der Waals surface area (Å²) < 4.78 is 16.3. The summed E-state index contributed by atoms with van der Waals surface area (Å²) in [4.78, 5) is 4.48. The van der Waals surface area contributed by atoms with Crippen LogP contribution < -0.4 is 10.1 Å². The minimum atomic E-state index is 0.266. The van der Waals surface area contributed by atoms with Gasteiger partial charge in [-0.1, -0.05) is 30.1 Å². The van der Waals surface area contributed by atoms with E-state index in [1.165, 1.54) is 12.8 Å². The molecule has 0 unspecified atom stereocenters. The van der Waals surface area contributed by atoms with Crippen molar-refractivity contribution >= 4 is 0 Å². The first-order chi connectivity index (χ1) is 11.7. The Morgan fingerprint density at radius 3 is 2.88 bits per heavy atom. The van der Waals surface area contributed by atoms with Crippen LogP contribution in [0.1, 0.15) is 37.1 Å². The Kier molecular flexibility index (Phi) is 5.48. The summed E-state index contributed by atoms with van der Waals surface area (Å²) in [5.74, 6) is 1.99. The van der Waals surface area contributed by atoms with Gasteiger partial charge in [-0.15, -0.1) is 0 Å². The molecule has 1 aromatic heterocycles. The molecule has 1 N–H and O–H groups in total. The Morgan fingerprint density at radius 1 is 1.25 bits per heavy atom. The third-order valence-corrected chi connectivity index (χ3v) is 4.66. The number of aromatic nitrogens is 2. The molecular weight excluding hydrogens is 306 g/mol. The molecule has 1 aliphatic carbocycles. The molecule has 1 fully saturated rings. The van der Waals surface area contributed by atoms with Gasteiger partial charge in [0.15, 0.2) is 0 Å². The Labute approximate surface area is 142 Å². The maximum absolute atomic E-state index is 5.56. The smallest absolute Gasteiger partial charge is 0.240 e. The van der Waals surface area contributed by atoms with E-state index in [9.17, 15) is 0 Å². The van der Waals surface area contributed by atoms with Gasteiger partial charge < -0.3 is 19.3 Å². The van der Waals surface area contributed by atoms with Gasteiger partial charge in [-0.2, -0.15) is 4.98 Å². The van der Waals surface area contributed by atoms with Crippen molar-refractivity contribution in [1.29, 1.82) is 0 Å². The number of ether oxygens (including phenoxy) is 2.